The van der Waals surface area contributed by atoms with Crippen molar-refractivity contribution in [3.8, 4) is 11.5 Å². The number of aryl methyl sites for hydroxylation is 1. The van der Waals surface area contributed by atoms with E-state index in [1.807, 2.05) is 13.0 Å². The molecule has 1 aromatic heterocycles. The predicted molar refractivity (Wildman–Crippen MR) is 57.0 cm³/mol. The summed E-state index contributed by atoms with van der Waals surface area (Å²) in [5.74, 6) is 3.66. The van der Waals surface area contributed by atoms with Gasteiger partial charge in [-0.15, -0.1) is 5.54 Å². The summed E-state index contributed by atoms with van der Waals surface area (Å²) in [4.78, 5) is 8.29. The van der Waals surface area contributed by atoms with Crippen LogP contribution in [0.4, 0.5) is 0 Å². The third kappa shape index (κ3) is 3.86. The summed E-state index contributed by atoms with van der Waals surface area (Å²) in [6, 6.07) is 1.87. The van der Waals surface area contributed by atoms with Crippen molar-refractivity contribution in [3.05, 3.63) is 23.8 Å². The molecule has 0 unspecified atom stereocenters. The third-order valence-corrected chi connectivity index (χ3v) is 2.22. The largest absolute Gasteiger partial charge is 0.229 e. The molecule has 1 heterocycles. The normalized spacial score (nSPS) is 10.5. The van der Waals surface area contributed by atoms with Gasteiger partial charge >= 0.3 is 0 Å². The van der Waals surface area contributed by atoms with E-state index in [0.29, 0.717) is 5.82 Å². The van der Waals surface area contributed by atoms with Gasteiger partial charge in [-0.1, -0.05) is 19.6 Å². The lowest BCUT2D eigenvalue weighted by molar-refractivity contribution is 1.07. The van der Waals surface area contributed by atoms with Crippen molar-refractivity contribution in [3.63, 3.8) is 0 Å². The van der Waals surface area contributed by atoms with E-state index in [9.17, 15) is 0 Å². The van der Waals surface area contributed by atoms with Crippen LogP contribution in [-0.4, -0.2) is 18.0 Å². The Morgan fingerprint density at radius 2 is 2.00 bits per heavy atom. The fraction of sp³-hybridized carbons (Fsp3) is 0.400. The summed E-state index contributed by atoms with van der Waals surface area (Å²) in [6.07, 6.45) is 1.75. The fourth-order valence-electron chi connectivity index (χ4n) is 0.753. The standard InChI is InChI=1S/C10H14N2Si/c1-9-5-7-11-10(12-9)6-8-13(2,3)4/h5,7H,1-4H3. The maximum absolute atomic E-state index is 4.21. The van der Waals surface area contributed by atoms with Crippen LogP contribution in [0.15, 0.2) is 12.3 Å². The highest BCUT2D eigenvalue weighted by Crippen LogP contribution is 1.97. The van der Waals surface area contributed by atoms with Crippen molar-refractivity contribution in [2.24, 2.45) is 0 Å². The molecule has 0 N–H and O–H groups in total. The molecule has 0 aliphatic heterocycles. The smallest absolute Gasteiger partial charge is 0.204 e. The summed E-state index contributed by atoms with van der Waals surface area (Å²) in [7, 11) is -1.30. The third-order valence-electron chi connectivity index (χ3n) is 1.34. The molecule has 3 heteroatoms. The monoisotopic (exact) mass is 190 g/mol. The Kier molecular flexibility index (Phi) is 2.84. The van der Waals surface area contributed by atoms with Gasteiger partial charge in [-0.3, -0.25) is 0 Å². The van der Waals surface area contributed by atoms with Crippen LogP contribution in [0.3, 0.4) is 0 Å². The molecule has 0 atom stereocenters. The van der Waals surface area contributed by atoms with Crippen LogP contribution >= 0.6 is 0 Å². The van der Waals surface area contributed by atoms with Crippen LogP contribution in [0.5, 0.6) is 0 Å². The van der Waals surface area contributed by atoms with E-state index in [1.54, 1.807) is 6.20 Å². The molecule has 0 saturated heterocycles. The van der Waals surface area contributed by atoms with Gasteiger partial charge in [0.1, 0.15) is 8.07 Å². The molecule has 1 rings (SSSR count). The van der Waals surface area contributed by atoms with Crippen LogP contribution in [0.25, 0.3) is 0 Å². The van der Waals surface area contributed by atoms with Gasteiger partial charge in [-0.25, -0.2) is 9.97 Å². The van der Waals surface area contributed by atoms with Crippen molar-refractivity contribution >= 4 is 8.07 Å². The molecule has 0 aliphatic carbocycles. The van der Waals surface area contributed by atoms with Gasteiger partial charge in [-0.2, -0.15) is 0 Å². The molecule has 0 bridgehead atoms. The molecule has 0 aromatic carbocycles. The minimum atomic E-state index is -1.30. The van der Waals surface area contributed by atoms with Crippen LogP contribution in [0.1, 0.15) is 11.5 Å². The summed E-state index contributed by atoms with van der Waals surface area (Å²) < 4.78 is 0. The second-order valence-electron chi connectivity index (χ2n) is 4.02. The zero-order chi connectivity index (χ0) is 9.90. The molecule has 0 aliphatic rings. The highest BCUT2D eigenvalue weighted by atomic mass is 28.3. The quantitative estimate of drug-likeness (QED) is 0.462. The second-order valence-corrected chi connectivity index (χ2v) is 8.77. The molecular formula is C10H14N2Si. The zero-order valence-corrected chi connectivity index (χ0v) is 9.55. The highest BCUT2D eigenvalue weighted by Gasteiger charge is 2.07. The van der Waals surface area contributed by atoms with E-state index >= 15 is 0 Å². The zero-order valence-electron chi connectivity index (χ0n) is 8.55. The van der Waals surface area contributed by atoms with Gasteiger partial charge in [0, 0.05) is 11.9 Å². The summed E-state index contributed by atoms with van der Waals surface area (Å²) in [5.41, 5.74) is 4.20. The minimum absolute atomic E-state index is 0.641. The first kappa shape index (κ1) is 9.94. The Morgan fingerprint density at radius 3 is 2.54 bits per heavy atom. The molecular weight excluding hydrogens is 176 g/mol. The molecule has 0 radical (unpaired) electrons. The van der Waals surface area contributed by atoms with Crippen LogP contribution in [0, 0.1) is 18.4 Å². The molecule has 1 aromatic rings. The summed E-state index contributed by atoms with van der Waals surface area (Å²) in [5, 5.41) is 0. The van der Waals surface area contributed by atoms with Gasteiger partial charge in [-0.05, 0) is 18.9 Å². The number of aromatic nitrogens is 2. The van der Waals surface area contributed by atoms with Gasteiger partial charge in [0.2, 0.25) is 5.82 Å². The van der Waals surface area contributed by atoms with Crippen LogP contribution in [-0.2, 0) is 0 Å². The van der Waals surface area contributed by atoms with E-state index < -0.39 is 8.07 Å². The minimum Gasteiger partial charge on any atom is -0.229 e. The van der Waals surface area contributed by atoms with Gasteiger partial charge in [0.25, 0.3) is 0 Å². The average Bonchev–Trinajstić information content (AvgIpc) is 2.00. The first-order valence-corrected chi connectivity index (χ1v) is 7.80. The number of hydrogen-bond acceptors (Lipinski definition) is 2. The van der Waals surface area contributed by atoms with E-state index in [1.165, 1.54) is 0 Å². The van der Waals surface area contributed by atoms with Crippen molar-refractivity contribution in [1.29, 1.82) is 0 Å². The molecule has 0 saturated carbocycles. The number of nitrogens with zero attached hydrogens (tertiary/aromatic N) is 2. The van der Waals surface area contributed by atoms with E-state index in [2.05, 4.69) is 41.1 Å². The van der Waals surface area contributed by atoms with Crippen molar-refractivity contribution in [1.82, 2.24) is 9.97 Å². The maximum atomic E-state index is 4.21. The predicted octanol–water partition coefficient (Wildman–Crippen LogP) is 2.01. The maximum Gasteiger partial charge on any atom is 0.204 e. The van der Waals surface area contributed by atoms with Crippen LogP contribution < -0.4 is 0 Å². The van der Waals surface area contributed by atoms with E-state index in [4.69, 9.17) is 0 Å². The molecule has 0 fully saturated rings. The lowest BCUT2D eigenvalue weighted by atomic mass is 10.4. The Labute approximate surface area is 80.4 Å². The van der Waals surface area contributed by atoms with Crippen molar-refractivity contribution in [2.45, 2.75) is 26.6 Å². The molecule has 13 heavy (non-hydrogen) atoms. The van der Waals surface area contributed by atoms with E-state index in [-0.39, 0.29) is 0 Å². The van der Waals surface area contributed by atoms with E-state index in [0.717, 1.165) is 5.69 Å². The Balaban J connectivity index is 2.90. The van der Waals surface area contributed by atoms with Crippen LogP contribution in [0.2, 0.25) is 19.6 Å². The van der Waals surface area contributed by atoms with Crippen molar-refractivity contribution in [2.75, 3.05) is 0 Å². The lowest BCUT2D eigenvalue weighted by Crippen LogP contribution is -2.16. The topological polar surface area (TPSA) is 25.8 Å². The first-order chi connectivity index (χ1) is 5.97. The van der Waals surface area contributed by atoms with Gasteiger partial charge < -0.3 is 0 Å². The second kappa shape index (κ2) is 3.71. The molecule has 0 amide bonds. The molecule has 2 nitrogen and oxygen atoms in total. The number of rotatable bonds is 0. The summed E-state index contributed by atoms with van der Waals surface area (Å²) in [6.45, 7) is 8.56. The fourth-order valence-corrected chi connectivity index (χ4v) is 1.24. The van der Waals surface area contributed by atoms with Crippen molar-refractivity contribution < 1.29 is 0 Å². The Morgan fingerprint density at radius 1 is 1.31 bits per heavy atom. The SMILES string of the molecule is Cc1ccnc(C#C[Si](C)(C)C)n1. The lowest BCUT2D eigenvalue weighted by Gasteiger charge is -2.02. The molecule has 0 spiro atoms. The molecule has 68 valence electrons. The summed E-state index contributed by atoms with van der Waals surface area (Å²) >= 11 is 0. The number of hydrogen-bond donors (Lipinski definition) is 0. The Hall–Kier alpha value is -1.14. The first-order valence-electron chi connectivity index (χ1n) is 4.30. The van der Waals surface area contributed by atoms with Gasteiger partial charge in [0.05, 0.1) is 0 Å². The highest BCUT2D eigenvalue weighted by molar-refractivity contribution is 6.83. The Bertz CT molecular complexity index is 355. The van der Waals surface area contributed by atoms with Gasteiger partial charge in [0.15, 0.2) is 0 Å². The average molecular weight is 190 g/mol.